The number of hydrogen-bond acceptors (Lipinski definition) is 5. The second kappa shape index (κ2) is 6.00. The van der Waals surface area contributed by atoms with Crippen molar-refractivity contribution in [1.29, 1.82) is 0 Å². The second-order valence-corrected chi connectivity index (χ2v) is 5.20. The van der Waals surface area contributed by atoms with E-state index in [2.05, 4.69) is 17.0 Å². The van der Waals surface area contributed by atoms with Gasteiger partial charge in [0.25, 0.3) is 5.69 Å². The van der Waals surface area contributed by atoms with E-state index in [1.807, 2.05) is 18.0 Å². The number of nitro benzene ring substituents is 1. The van der Waals surface area contributed by atoms with Gasteiger partial charge in [-0.3, -0.25) is 15.1 Å². The van der Waals surface area contributed by atoms with Gasteiger partial charge in [-0.1, -0.05) is 12.1 Å². The lowest BCUT2D eigenvalue weighted by Gasteiger charge is -2.30. The molecule has 108 valence electrons. The first-order chi connectivity index (χ1) is 9.47. The predicted molar refractivity (Wildman–Crippen MR) is 79.1 cm³/mol. The van der Waals surface area contributed by atoms with Crippen molar-refractivity contribution in [3.05, 3.63) is 39.4 Å². The van der Waals surface area contributed by atoms with Crippen molar-refractivity contribution in [3.63, 3.8) is 0 Å². The normalized spacial score (nSPS) is 17.4. The van der Waals surface area contributed by atoms with Gasteiger partial charge in [-0.05, 0) is 20.9 Å². The number of benzene rings is 1. The Morgan fingerprint density at radius 1 is 1.30 bits per heavy atom. The van der Waals surface area contributed by atoms with Crippen LogP contribution >= 0.6 is 0 Å². The molecule has 2 rings (SSSR count). The molecule has 0 amide bonds. The number of rotatable bonds is 3. The fourth-order valence-corrected chi connectivity index (χ4v) is 2.20. The summed E-state index contributed by atoms with van der Waals surface area (Å²) in [6.45, 7) is 7.40. The van der Waals surface area contributed by atoms with Crippen molar-refractivity contribution >= 4 is 11.4 Å². The molecular weight excluding hydrogens is 256 g/mol. The topological polar surface area (TPSA) is 62.0 Å². The van der Waals surface area contributed by atoms with Crippen LogP contribution in [-0.4, -0.2) is 53.8 Å². The molecule has 0 saturated carbocycles. The molecule has 0 spiro atoms. The summed E-state index contributed by atoms with van der Waals surface area (Å²) in [6, 6.07) is 5.26. The summed E-state index contributed by atoms with van der Waals surface area (Å²) in [5.41, 5.74) is 2.44. The molecule has 6 heteroatoms. The van der Waals surface area contributed by atoms with Crippen LogP contribution in [0.4, 0.5) is 5.69 Å². The van der Waals surface area contributed by atoms with E-state index >= 15 is 0 Å². The van der Waals surface area contributed by atoms with Crippen LogP contribution < -0.4 is 0 Å². The highest BCUT2D eigenvalue weighted by Gasteiger charge is 2.14. The fraction of sp³-hybridized carbons (Fsp3) is 0.500. The quantitative estimate of drug-likeness (QED) is 0.480. The van der Waals surface area contributed by atoms with Gasteiger partial charge in [0, 0.05) is 43.4 Å². The van der Waals surface area contributed by atoms with E-state index in [0.29, 0.717) is 5.56 Å². The maximum Gasteiger partial charge on any atom is 0.272 e. The summed E-state index contributed by atoms with van der Waals surface area (Å²) < 4.78 is 0. The molecule has 1 aliphatic rings. The van der Waals surface area contributed by atoms with E-state index in [4.69, 9.17) is 0 Å². The molecule has 1 heterocycles. The summed E-state index contributed by atoms with van der Waals surface area (Å²) >= 11 is 0. The number of piperazine rings is 1. The molecule has 0 bridgehead atoms. The lowest BCUT2D eigenvalue weighted by Crippen LogP contribution is -2.42. The smallest absolute Gasteiger partial charge is 0.272 e. The van der Waals surface area contributed by atoms with E-state index in [1.165, 1.54) is 0 Å². The molecule has 1 fully saturated rings. The maximum absolute atomic E-state index is 11.0. The van der Waals surface area contributed by atoms with Gasteiger partial charge in [0.05, 0.1) is 10.6 Å². The summed E-state index contributed by atoms with van der Waals surface area (Å²) in [7, 11) is 2.09. The molecule has 6 nitrogen and oxygen atoms in total. The van der Waals surface area contributed by atoms with Crippen LogP contribution in [0.1, 0.15) is 18.1 Å². The van der Waals surface area contributed by atoms with Crippen molar-refractivity contribution in [3.8, 4) is 0 Å². The highest BCUT2D eigenvalue weighted by Crippen LogP contribution is 2.20. The van der Waals surface area contributed by atoms with Gasteiger partial charge < -0.3 is 4.90 Å². The van der Waals surface area contributed by atoms with Gasteiger partial charge in [0.1, 0.15) is 0 Å². The Bertz CT molecular complexity index is 534. The van der Waals surface area contributed by atoms with Gasteiger partial charge in [-0.15, -0.1) is 0 Å². The lowest BCUT2D eigenvalue weighted by molar-refractivity contribution is -0.385. The Morgan fingerprint density at radius 2 is 1.95 bits per heavy atom. The first-order valence-electron chi connectivity index (χ1n) is 6.71. The number of nitro groups is 1. The van der Waals surface area contributed by atoms with E-state index in [9.17, 15) is 10.1 Å². The molecule has 0 N–H and O–H groups in total. The predicted octanol–water partition coefficient (Wildman–Crippen LogP) is 1.87. The molecule has 1 saturated heterocycles. The van der Waals surface area contributed by atoms with Gasteiger partial charge in [0.2, 0.25) is 0 Å². The highest BCUT2D eigenvalue weighted by atomic mass is 16.6. The fourth-order valence-electron chi connectivity index (χ4n) is 2.20. The molecule has 0 aromatic heterocycles. The third-order valence-corrected chi connectivity index (χ3v) is 3.59. The van der Waals surface area contributed by atoms with Gasteiger partial charge in [-0.25, -0.2) is 0 Å². The van der Waals surface area contributed by atoms with Crippen LogP contribution in [-0.2, 0) is 0 Å². The number of likely N-dealkylation sites (N-methyl/N-ethyl adjacent to an activating group) is 1. The molecule has 20 heavy (non-hydrogen) atoms. The molecule has 1 aliphatic heterocycles. The summed E-state index contributed by atoms with van der Waals surface area (Å²) in [5.74, 6) is 0. The monoisotopic (exact) mass is 276 g/mol. The standard InChI is InChI=1S/C14H20N4O2/c1-11-4-5-13(10-14(11)18(19)20)12(2)15-17-8-6-16(3)7-9-17/h4-5,10H,6-9H2,1-3H3/b15-12+. The largest absolute Gasteiger partial charge is 0.303 e. The van der Waals surface area contributed by atoms with E-state index in [1.54, 1.807) is 19.1 Å². The van der Waals surface area contributed by atoms with Crippen LogP contribution in [0, 0.1) is 17.0 Å². The van der Waals surface area contributed by atoms with Gasteiger partial charge >= 0.3 is 0 Å². The van der Waals surface area contributed by atoms with Crippen LogP contribution in [0.25, 0.3) is 0 Å². The number of hydrogen-bond donors (Lipinski definition) is 0. The molecule has 0 atom stereocenters. The van der Waals surface area contributed by atoms with Crippen LogP contribution in [0.3, 0.4) is 0 Å². The minimum absolute atomic E-state index is 0.149. The third kappa shape index (κ3) is 3.33. The van der Waals surface area contributed by atoms with E-state index in [-0.39, 0.29) is 10.6 Å². The highest BCUT2D eigenvalue weighted by molar-refractivity contribution is 5.99. The van der Waals surface area contributed by atoms with Crippen molar-refractivity contribution in [2.45, 2.75) is 13.8 Å². The van der Waals surface area contributed by atoms with E-state index in [0.717, 1.165) is 37.5 Å². The molecule has 1 aromatic rings. The van der Waals surface area contributed by atoms with Crippen LogP contribution in [0.2, 0.25) is 0 Å². The third-order valence-electron chi connectivity index (χ3n) is 3.59. The maximum atomic E-state index is 11.0. The van der Waals surface area contributed by atoms with Gasteiger partial charge in [-0.2, -0.15) is 5.10 Å². The Kier molecular flexibility index (Phi) is 4.34. The van der Waals surface area contributed by atoms with Crippen molar-refractivity contribution in [2.24, 2.45) is 5.10 Å². The Hall–Kier alpha value is -1.95. The lowest BCUT2D eigenvalue weighted by atomic mass is 10.1. The number of nitrogens with zero attached hydrogens (tertiary/aromatic N) is 4. The average Bonchev–Trinajstić information content (AvgIpc) is 2.41. The minimum atomic E-state index is -0.345. The summed E-state index contributed by atoms with van der Waals surface area (Å²) in [5, 5.41) is 17.6. The molecule has 0 unspecified atom stereocenters. The van der Waals surface area contributed by atoms with Crippen molar-refractivity contribution in [2.75, 3.05) is 33.2 Å². The number of hydrazone groups is 1. The van der Waals surface area contributed by atoms with Gasteiger partial charge in [0.15, 0.2) is 0 Å². The average molecular weight is 276 g/mol. The Balaban J connectivity index is 2.18. The molecular formula is C14H20N4O2. The molecule has 0 radical (unpaired) electrons. The first kappa shape index (κ1) is 14.5. The summed E-state index contributed by atoms with van der Waals surface area (Å²) in [4.78, 5) is 12.9. The van der Waals surface area contributed by atoms with Crippen molar-refractivity contribution < 1.29 is 4.92 Å². The van der Waals surface area contributed by atoms with E-state index < -0.39 is 0 Å². The zero-order chi connectivity index (χ0) is 14.7. The Labute approximate surface area is 118 Å². The Morgan fingerprint density at radius 3 is 2.55 bits per heavy atom. The minimum Gasteiger partial charge on any atom is -0.303 e. The zero-order valence-electron chi connectivity index (χ0n) is 12.2. The molecule has 1 aromatic carbocycles. The number of aryl methyl sites for hydroxylation is 1. The first-order valence-corrected chi connectivity index (χ1v) is 6.71. The van der Waals surface area contributed by atoms with Crippen molar-refractivity contribution in [1.82, 2.24) is 9.91 Å². The SMILES string of the molecule is C/C(=N\N1CCN(C)CC1)c1ccc(C)c([N+](=O)[O-])c1. The summed E-state index contributed by atoms with van der Waals surface area (Å²) in [6.07, 6.45) is 0. The van der Waals surface area contributed by atoms with Crippen LogP contribution in [0.5, 0.6) is 0 Å². The zero-order valence-corrected chi connectivity index (χ0v) is 12.2. The second-order valence-electron chi connectivity index (χ2n) is 5.20. The van der Waals surface area contributed by atoms with Crippen LogP contribution in [0.15, 0.2) is 23.3 Å². The molecule has 0 aliphatic carbocycles.